The number of anilines is 1. The van der Waals surface area contributed by atoms with E-state index >= 15 is 0 Å². The van der Waals surface area contributed by atoms with Gasteiger partial charge in [-0.25, -0.2) is 0 Å². The monoisotopic (exact) mass is 222 g/mol. The summed E-state index contributed by atoms with van der Waals surface area (Å²) in [5.41, 5.74) is 0.499. The van der Waals surface area contributed by atoms with Gasteiger partial charge in [0.1, 0.15) is 6.07 Å². The molecule has 1 rings (SSSR count). The number of carbonyl (C=O) groups excluding carboxylic acids is 2. The molecule has 0 unspecified atom stereocenters. The third kappa shape index (κ3) is 2.79. The Hall–Kier alpha value is -1.86. The number of hydrogen-bond donors (Lipinski definition) is 1. The van der Waals surface area contributed by atoms with Gasteiger partial charge >= 0.3 is 0 Å². The molecule has 0 fully saturated rings. The molecule has 0 aliphatic carbocycles. The van der Waals surface area contributed by atoms with Crippen molar-refractivity contribution in [2.45, 2.75) is 6.92 Å². The first-order valence-corrected chi connectivity index (χ1v) is 4.44. The zero-order chi connectivity index (χ0) is 11.4. The van der Waals surface area contributed by atoms with Gasteiger partial charge in [-0.15, -0.1) is 0 Å². The van der Waals surface area contributed by atoms with E-state index in [-0.39, 0.29) is 11.3 Å². The predicted molar refractivity (Wildman–Crippen MR) is 55.5 cm³/mol. The predicted octanol–water partition coefficient (Wildman–Crippen LogP) is 1.74. The largest absolute Gasteiger partial charge is 0.318 e. The van der Waals surface area contributed by atoms with Crippen LogP contribution >= 0.6 is 11.6 Å². The lowest BCUT2D eigenvalue weighted by atomic mass is 10.2. The maximum Gasteiger partial charge on any atom is 0.291 e. The molecule has 0 saturated heterocycles. The van der Waals surface area contributed by atoms with Gasteiger partial charge in [-0.1, -0.05) is 11.6 Å². The SMILES string of the molecule is CC(=O)C(=O)Nc1cc(Cl)ccc1C#N. The van der Waals surface area contributed by atoms with Crippen LogP contribution < -0.4 is 5.32 Å². The minimum atomic E-state index is -0.770. The van der Waals surface area contributed by atoms with Gasteiger partial charge in [0.05, 0.1) is 11.3 Å². The molecule has 1 aromatic rings. The van der Waals surface area contributed by atoms with Crippen molar-refractivity contribution in [2.75, 3.05) is 5.32 Å². The summed E-state index contributed by atoms with van der Waals surface area (Å²) in [4.78, 5) is 21.8. The fourth-order valence-electron chi connectivity index (χ4n) is 0.928. The Morgan fingerprint density at radius 2 is 2.13 bits per heavy atom. The van der Waals surface area contributed by atoms with Gasteiger partial charge in [0.2, 0.25) is 5.78 Å². The van der Waals surface area contributed by atoms with Crippen LogP contribution in [0.5, 0.6) is 0 Å². The molecule has 0 atom stereocenters. The number of hydrogen-bond acceptors (Lipinski definition) is 3. The van der Waals surface area contributed by atoms with E-state index in [0.717, 1.165) is 6.92 Å². The molecule has 1 N–H and O–H groups in total. The molecule has 1 amide bonds. The average molecular weight is 223 g/mol. The summed E-state index contributed by atoms with van der Waals surface area (Å²) >= 11 is 5.69. The summed E-state index contributed by atoms with van der Waals surface area (Å²) < 4.78 is 0. The summed E-state index contributed by atoms with van der Waals surface area (Å²) in [6.07, 6.45) is 0. The van der Waals surface area contributed by atoms with Crippen molar-refractivity contribution < 1.29 is 9.59 Å². The average Bonchev–Trinajstić information content (AvgIpc) is 2.18. The number of nitrogens with zero attached hydrogens (tertiary/aromatic N) is 1. The molecule has 5 heteroatoms. The van der Waals surface area contributed by atoms with Crippen LogP contribution in [0.15, 0.2) is 18.2 Å². The number of carbonyl (C=O) groups is 2. The molecular weight excluding hydrogens is 216 g/mol. The number of ketones is 1. The first-order chi connectivity index (χ1) is 7.04. The lowest BCUT2D eigenvalue weighted by Crippen LogP contribution is -2.20. The molecule has 76 valence electrons. The van der Waals surface area contributed by atoms with Crippen LogP contribution in [0.4, 0.5) is 5.69 Å². The topological polar surface area (TPSA) is 70.0 Å². The highest BCUT2D eigenvalue weighted by Crippen LogP contribution is 2.20. The summed E-state index contributed by atoms with van der Waals surface area (Å²) in [5, 5.41) is 11.4. The van der Waals surface area contributed by atoms with Crippen LogP contribution in [0, 0.1) is 11.3 Å². The second-order valence-electron chi connectivity index (χ2n) is 2.81. The van der Waals surface area contributed by atoms with Crippen molar-refractivity contribution >= 4 is 29.0 Å². The standard InChI is InChI=1S/C10H7ClN2O2/c1-6(14)10(15)13-9-4-8(11)3-2-7(9)5-12/h2-4H,1H3,(H,13,15). The second kappa shape index (κ2) is 4.58. The molecule has 0 aliphatic heterocycles. The molecule has 15 heavy (non-hydrogen) atoms. The molecule has 0 bridgehead atoms. The quantitative estimate of drug-likeness (QED) is 0.775. The molecule has 0 aromatic heterocycles. The highest BCUT2D eigenvalue weighted by Gasteiger charge is 2.10. The van der Waals surface area contributed by atoms with Gasteiger partial charge in [-0.2, -0.15) is 5.26 Å². The first kappa shape index (κ1) is 11.2. The van der Waals surface area contributed by atoms with Gasteiger partial charge in [-0.05, 0) is 18.2 Å². The number of halogens is 1. The third-order valence-corrected chi connectivity index (χ3v) is 1.91. The fraction of sp³-hybridized carbons (Fsp3) is 0.100. The molecule has 0 heterocycles. The number of Topliss-reactive ketones (excluding diaryl/α,β-unsaturated/α-hetero) is 1. The van der Waals surface area contributed by atoms with Crippen LogP contribution in [-0.2, 0) is 9.59 Å². The van der Waals surface area contributed by atoms with Crippen molar-refractivity contribution in [3.8, 4) is 6.07 Å². The lowest BCUT2D eigenvalue weighted by molar-refractivity contribution is -0.133. The number of nitrogens with one attached hydrogen (secondary N) is 1. The number of nitriles is 1. The number of benzene rings is 1. The van der Waals surface area contributed by atoms with Crippen LogP contribution in [0.25, 0.3) is 0 Å². The summed E-state index contributed by atoms with van der Waals surface area (Å²) in [7, 11) is 0. The Balaban J connectivity index is 3.04. The van der Waals surface area contributed by atoms with E-state index in [1.165, 1.54) is 18.2 Å². The Morgan fingerprint density at radius 1 is 1.47 bits per heavy atom. The zero-order valence-electron chi connectivity index (χ0n) is 7.87. The van der Waals surface area contributed by atoms with Gasteiger partial charge < -0.3 is 5.32 Å². The molecule has 0 saturated carbocycles. The van der Waals surface area contributed by atoms with E-state index in [9.17, 15) is 9.59 Å². The molecule has 1 aromatic carbocycles. The summed E-state index contributed by atoms with van der Waals surface area (Å²) in [6, 6.07) is 6.30. The second-order valence-corrected chi connectivity index (χ2v) is 3.25. The van der Waals surface area contributed by atoms with E-state index in [1.807, 2.05) is 6.07 Å². The summed E-state index contributed by atoms with van der Waals surface area (Å²) in [6.45, 7) is 1.14. The number of amides is 1. The molecule has 4 nitrogen and oxygen atoms in total. The lowest BCUT2D eigenvalue weighted by Gasteiger charge is -2.04. The molecular formula is C10H7ClN2O2. The van der Waals surface area contributed by atoms with Crippen molar-refractivity contribution in [1.82, 2.24) is 0 Å². The third-order valence-electron chi connectivity index (χ3n) is 1.67. The van der Waals surface area contributed by atoms with Gasteiger partial charge in [0.15, 0.2) is 0 Å². The van der Waals surface area contributed by atoms with Crippen molar-refractivity contribution in [3.63, 3.8) is 0 Å². The fourth-order valence-corrected chi connectivity index (χ4v) is 1.10. The zero-order valence-corrected chi connectivity index (χ0v) is 8.63. The van der Waals surface area contributed by atoms with E-state index < -0.39 is 11.7 Å². The number of rotatable bonds is 2. The minimum absolute atomic E-state index is 0.241. The minimum Gasteiger partial charge on any atom is -0.318 e. The maximum absolute atomic E-state index is 11.1. The Kier molecular flexibility index (Phi) is 3.42. The smallest absolute Gasteiger partial charge is 0.291 e. The Bertz CT molecular complexity index is 463. The Morgan fingerprint density at radius 3 is 2.67 bits per heavy atom. The van der Waals surface area contributed by atoms with E-state index in [1.54, 1.807) is 0 Å². The van der Waals surface area contributed by atoms with Gasteiger partial charge in [0, 0.05) is 11.9 Å². The van der Waals surface area contributed by atoms with Crippen molar-refractivity contribution in [1.29, 1.82) is 5.26 Å². The highest BCUT2D eigenvalue weighted by atomic mass is 35.5. The first-order valence-electron chi connectivity index (χ1n) is 4.06. The normalized spacial score (nSPS) is 9.13. The van der Waals surface area contributed by atoms with E-state index in [0.29, 0.717) is 5.02 Å². The van der Waals surface area contributed by atoms with Crippen molar-refractivity contribution in [3.05, 3.63) is 28.8 Å². The van der Waals surface area contributed by atoms with Crippen molar-refractivity contribution in [2.24, 2.45) is 0 Å². The highest BCUT2D eigenvalue weighted by molar-refractivity contribution is 6.40. The van der Waals surface area contributed by atoms with Crippen LogP contribution in [0.2, 0.25) is 5.02 Å². The molecule has 0 spiro atoms. The van der Waals surface area contributed by atoms with E-state index in [4.69, 9.17) is 16.9 Å². The summed E-state index contributed by atoms with van der Waals surface area (Å²) in [5.74, 6) is -1.40. The maximum atomic E-state index is 11.1. The van der Waals surface area contributed by atoms with E-state index in [2.05, 4.69) is 5.32 Å². The molecule has 0 radical (unpaired) electrons. The van der Waals surface area contributed by atoms with Gasteiger partial charge in [0.25, 0.3) is 5.91 Å². The van der Waals surface area contributed by atoms with Crippen LogP contribution in [0.3, 0.4) is 0 Å². The Labute approximate surface area is 91.5 Å². The van der Waals surface area contributed by atoms with Gasteiger partial charge in [-0.3, -0.25) is 9.59 Å². The van der Waals surface area contributed by atoms with Crippen LogP contribution in [0.1, 0.15) is 12.5 Å². The van der Waals surface area contributed by atoms with Crippen LogP contribution in [-0.4, -0.2) is 11.7 Å². The molecule has 0 aliphatic rings.